The first-order valence-corrected chi connectivity index (χ1v) is 7.37. The van der Waals surface area contributed by atoms with E-state index < -0.39 is 16.0 Å². The van der Waals surface area contributed by atoms with E-state index in [4.69, 9.17) is 0 Å². The quantitative estimate of drug-likeness (QED) is 0.771. The van der Waals surface area contributed by atoms with E-state index in [9.17, 15) is 18.3 Å². The molecule has 2 N–H and O–H groups in total. The molecule has 0 aliphatic carbocycles. The minimum atomic E-state index is -3.55. The fourth-order valence-corrected chi connectivity index (χ4v) is 2.64. The van der Waals surface area contributed by atoms with Crippen LogP contribution < -0.4 is 4.72 Å². The predicted molar refractivity (Wildman–Crippen MR) is 71.5 cm³/mol. The van der Waals surface area contributed by atoms with E-state index in [1.165, 1.54) is 13.2 Å². The fraction of sp³-hybridized carbons (Fsp3) is 0.417. The zero-order chi connectivity index (χ0) is 14.5. The number of anilines is 1. The SMILES string of the molecule is COC(=O)CCCS(=O)(=O)Nc1cccc(O)c1C. The van der Waals surface area contributed by atoms with Crippen molar-refractivity contribution in [1.29, 1.82) is 0 Å². The van der Waals surface area contributed by atoms with Gasteiger partial charge in [0, 0.05) is 12.0 Å². The summed E-state index contributed by atoms with van der Waals surface area (Å²) in [6.45, 7) is 1.61. The maximum atomic E-state index is 11.8. The molecule has 0 unspecified atom stereocenters. The second kappa shape index (κ2) is 6.42. The Morgan fingerprint density at radius 2 is 2.11 bits per heavy atom. The van der Waals surface area contributed by atoms with Gasteiger partial charge in [-0.15, -0.1) is 0 Å². The number of rotatable bonds is 6. The van der Waals surface area contributed by atoms with Gasteiger partial charge in [0.25, 0.3) is 0 Å². The highest BCUT2D eigenvalue weighted by molar-refractivity contribution is 7.92. The van der Waals surface area contributed by atoms with Crippen LogP contribution in [0.1, 0.15) is 18.4 Å². The molecule has 0 aromatic heterocycles. The molecule has 0 amide bonds. The summed E-state index contributed by atoms with van der Waals surface area (Å²) in [4.78, 5) is 10.9. The van der Waals surface area contributed by atoms with E-state index in [0.29, 0.717) is 11.3 Å². The molecule has 0 aliphatic rings. The van der Waals surface area contributed by atoms with Crippen LogP contribution >= 0.6 is 0 Å². The van der Waals surface area contributed by atoms with Gasteiger partial charge in [0.1, 0.15) is 5.75 Å². The Hall–Kier alpha value is -1.76. The molecule has 7 heteroatoms. The smallest absolute Gasteiger partial charge is 0.305 e. The third-order valence-corrected chi connectivity index (χ3v) is 3.95. The number of phenols is 1. The Morgan fingerprint density at radius 3 is 2.74 bits per heavy atom. The summed E-state index contributed by atoms with van der Waals surface area (Å²) < 4.78 is 30.4. The van der Waals surface area contributed by atoms with Crippen LogP contribution in [0.4, 0.5) is 5.69 Å². The lowest BCUT2D eigenvalue weighted by Gasteiger charge is -2.11. The lowest BCUT2D eigenvalue weighted by atomic mass is 10.2. The predicted octanol–water partition coefficient (Wildman–Crippen LogP) is 1.40. The molecule has 0 fully saturated rings. The minimum Gasteiger partial charge on any atom is -0.508 e. The van der Waals surface area contributed by atoms with Gasteiger partial charge < -0.3 is 9.84 Å². The number of carbonyl (C=O) groups is 1. The largest absolute Gasteiger partial charge is 0.508 e. The third-order valence-electron chi connectivity index (χ3n) is 2.59. The molecule has 1 aromatic rings. The van der Waals surface area contributed by atoms with Crippen molar-refractivity contribution < 1.29 is 23.1 Å². The van der Waals surface area contributed by atoms with Gasteiger partial charge in [0.15, 0.2) is 0 Å². The topological polar surface area (TPSA) is 92.7 Å². The minimum absolute atomic E-state index is 0.0229. The van der Waals surface area contributed by atoms with Crippen LogP contribution in [-0.4, -0.2) is 32.4 Å². The normalized spacial score (nSPS) is 11.1. The number of carbonyl (C=O) groups excluding carboxylic acids is 1. The fourth-order valence-electron chi connectivity index (χ4n) is 1.46. The number of ether oxygens (including phenoxy) is 1. The van der Waals surface area contributed by atoms with Crippen LogP contribution in [0.3, 0.4) is 0 Å². The zero-order valence-electron chi connectivity index (χ0n) is 10.8. The molecular weight excluding hydrogens is 270 g/mol. The molecule has 0 radical (unpaired) electrons. The number of benzene rings is 1. The van der Waals surface area contributed by atoms with Gasteiger partial charge in [0.05, 0.1) is 18.6 Å². The van der Waals surface area contributed by atoms with Crippen LogP contribution in [0.2, 0.25) is 0 Å². The van der Waals surface area contributed by atoms with Crippen LogP contribution in [-0.2, 0) is 19.6 Å². The number of phenolic OH excluding ortho intramolecular Hbond substituents is 1. The Morgan fingerprint density at radius 1 is 1.42 bits per heavy atom. The van der Waals surface area contributed by atoms with E-state index in [1.807, 2.05) is 0 Å². The highest BCUT2D eigenvalue weighted by Gasteiger charge is 2.14. The lowest BCUT2D eigenvalue weighted by Crippen LogP contribution is -2.18. The first-order valence-electron chi connectivity index (χ1n) is 5.71. The summed E-state index contributed by atoms with van der Waals surface area (Å²) in [5.41, 5.74) is 0.789. The van der Waals surface area contributed by atoms with E-state index >= 15 is 0 Å². The molecule has 106 valence electrons. The van der Waals surface area contributed by atoms with Gasteiger partial charge in [-0.2, -0.15) is 0 Å². The van der Waals surface area contributed by atoms with E-state index in [1.54, 1.807) is 19.1 Å². The van der Waals surface area contributed by atoms with Crippen LogP contribution in [0.25, 0.3) is 0 Å². The van der Waals surface area contributed by atoms with Crippen molar-refractivity contribution in [2.24, 2.45) is 0 Å². The molecule has 6 nitrogen and oxygen atoms in total. The number of sulfonamides is 1. The molecule has 1 rings (SSSR count). The van der Waals surface area contributed by atoms with Crippen LogP contribution in [0.15, 0.2) is 18.2 Å². The van der Waals surface area contributed by atoms with Crippen molar-refractivity contribution in [2.45, 2.75) is 19.8 Å². The highest BCUT2D eigenvalue weighted by atomic mass is 32.2. The molecule has 0 saturated carbocycles. The Kier molecular flexibility index (Phi) is 5.17. The number of hydrogen-bond donors (Lipinski definition) is 2. The molecule has 0 aliphatic heterocycles. The van der Waals surface area contributed by atoms with Crippen LogP contribution in [0.5, 0.6) is 5.75 Å². The zero-order valence-corrected chi connectivity index (χ0v) is 11.7. The summed E-state index contributed by atoms with van der Waals surface area (Å²) in [7, 11) is -2.29. The Bertz CT molecular complexity index is 553. The van der Waals surface area contributed by atoms with Crippen molar-refractivity contribution in [3.8, 4) is 5.75 Å². The first kappa shape index (κ1) is 15.3. The van der Waals surface area contributed by atoms with Gasteiger partial charge in [-0.1, -0.05) is 6.07 Å². The summed E-state index contributed by atoms with van der Waals surface area (Å²) in [5, 5.41) is 9.48. The number of nitrogens with one attached hydrogen (secondary N) is 1. The van der Waals surface area contributed by atoms with Gasteiger partial charge in [-0.25, -0.2) is 8.42 Å². The number of methoxy groups -OCH3 is 1. The summed E-state index contributed by atoms with van der Waals surface area (Å²) in [6, 6.07) is 4.59. The molecule has 0 heterocycles. The highest BCUT2D eigenvalue weighted by Crippen LogP contribution is 2.24. The second-order valence-corrected chi connectivity index (χ2v) is 5.89. The van der Waals surface area contributed by atoms with Crippen molar-refractivity contribution >= 4 is 21.7 Å². The number of esters is 1. The van der Waals surface area contributed by atoms with Crippen molar-refractivity contribution in [3.63, 3.8) is 0 Å². The average molecular weight is 287 g/mol. The summed E-state index contributed by atoms with van der Waals surface area (Å²) in [6.07, 6.45) is 0.232. The molecule has 0 saturated heterocycles. The monoisotopic (exact) mass is 287 g/mol. The maximum absolute atomic E-state index is 11.8. The molecule has 1 aromatic carbocycles. The van der Waals surface area contributed by atoms with Gasteiger partial charge >= 0.3 is 5.97 Å². The standard InChI is InChI=1S/C12H17NO5S/c1-9-10(5-3-6-11(9)14)13-19(16,17)8-4-7-12(15)18-2/h3,5-6,13-14H,4,7-8H2,1-2H3. The maximum Gasteiger partial charge on any atom is 0.305 e. The average Bonchev–Trinajstić information content (AvgIpc) is 2.34. The van der Waals surface area contributed by atoms with E-state index in [0.717, 1.165) is 0 Å². The van der Waals surface area contributed by atoms with Gasteiger partial charge in [0.2, 0.25) is 10.0 Å². The van der Waals surface area contributed by atoms with Crippen molar-refractivity contribution in [2.75, 3.05) is 17.6 Å². The van der Waals surface area contributed by atoms with Crippen molar-refractivity contribution in [1.82, 2.24) is 0 Å². The summed E-state index contributed by atoms with van der Waals surface area (Å²) in [5.74, 6) is -0.601. The molecule has 19 heavy (non-hydrogen) atoms. The Labute approximate surface area is 112 Å². The summed E-state index contributed by atoms with van der Waals surface area (Å²) >= 11 is 0. The third kappa shape index (κ3) is 4.78. The van der Waals surface area contributed by atoms with Crippen molar-refractivity contribution in [3.05, 3.63) is 23.8 Å². The van der Waals surface area contributed by atoms with Gasteiger partial charge in [-0.3, -0.25) is 9.52 Å². The number of aromatic hydroxyl groups is 1. The molecule has 0 bridgehead atoms. The lowest BCUT2D eigenvalue weighted by molar-refractivity contribution is -0.140. The number of hydrogen-bond acceptors (Lipinski definition) is 5. The molecular formula is C12H17NO5S. The van der Waals surface area contributed by atoms with Gasteiger partial charge in [-0.05, 0) is 25.5 Å². The first-order chi connectivity index (χ1) is 8.85. The Balaban J connectivity index is 2.64. The van der Waals surface area contributed by atoms with Crippen LogP contribution in [0, 0.1) is 6.92 Å². The van der Waals surface area contributed by atoms with E-state index in [2.05, 4.69) is 9.46 Å². The molecule has 0 spiro atoms. The van der Waals surface area contributed by atoms with E-state index in [-0.39, 0.29) is 24.3 Å². The molecule has 0 atom stereocenters. The second-order valence-electron chi connectivity index (χ2n) is 4.05.